The molecule has 0 amide bonds. The fraction of sp³-hybridized carbons (Fsp3) is 0.444. The van der Waals surface area contributed by atoms with Gasteiger partial charge < -0.3 is 9.15 Å². The van der Waals surface area contributed by atoms with Gasteiger partial charge in [-0.15, -0.1) is 0 Å². The van der Waals surface area contributed by atoms with Crippen molar-refractivity contribution in [3.05, 3.63) is 24.2 Å². The molecular weight excluding hydrogens is 175 g/mol. The van der Waals surface area contributed by atoms with Crippen LogP contribution in [-0.2, 0) is 15.2 Å². The Hall–Kier alpha value is -1.32. The van der Waals surface area contributed by atoms with Gasteiger partial charge in [0.25, 0.3) is 5.67 Å². The molecule has 0 saturated heterocycles. The molecule has 1 atom stereocenters. The molecule has 0 spiro atoms. The first kappa shape index (κ1) is 9.77. The first-order chi connectivity index (χ1) is 6.09. The highest BCUT2D eigenvalue weighted by atomic mass is 19.1. The summed E-state index contributed by atoms with van der Waals surface area (Å²) in [4.78, 5) is 11.1. The number of alkyl halides is 1. The van der Waals surface area contributed by atoms with E-state index in [1.54, 1.807) is 6.92 Å². The fourth-order valence-corrected chi connectivity index (χ4v) is 0.913. The molecule has 72 valence electrons. The smallest absolute Gasteiger partial charge is 0.351 e. The highest BCUT2D eigenvalue weighted by Gasteiger charge is 2.39. The molecule has 1 heterocycles. The Kier molecular flexibility index (Phi) is 2.70. The average molecular weight is 186 g/mol. The molecule has 0 fully saturated rings. The van der Waals surface area contributed by atoms with E-state index in [1.807, 2.05) is 0 Å². The highest BCUT2D eigenvalue weighted by Crippen LogP contribution is 2.27. The van der Waals surface area contributed by atoms with Crippen LogP contribution in [-0.4, -0.2) is 12.6 Å². The molecule has 3 nitrogen and oxygen atoms in total. The Bertz CT molecular complexity index is 277. The van der Waals surface area contributed by atoms with Crippen LogP contribution in [0.25, 0.3) is 0 Å². The number of carbonyl (C=O) groups is 1. The summed E-state index contributed by atoms with van der Waals surface area (Å²) in [7, 11) is 0. The van der Waals surface area contributed by atoms with Gasteiger partial charge in [-0.05, 0) is 26.0 Å². The van der Waals surface area contributed by atoms with Crippen LogP contribution in [0, 0.1) is 0 Å². The molecular formula is C9H11FO3. The lowest BCUT2D eigenvalue weighted by Crippen LogP contribution is -2.29. The lowest BCUT2D eigenvalue weighted by molar-refractivity contribution is -0.158. The van der Waals surface area contributed by atoms with Gasteiger partial charge in [0.2, 0.25) is 0 Å². The predicted octanol–water partition coefficient (Wildman–Crippen LogP) is 2.03. The number of halogens is 1. The van der Waals surface area contributed by atoms with Gasteiger partial charge >= 0.3 is 5.97 Å². The van der Waals surface area contributed by atoms with Crippen molar-refractivity contribution in [2.75, 3.05) is 6.61 Å². The second-order valence-corrected chi connectivity index (χ2v) is 2.70. The molecule has 1 aromatic rings. The topological polar surface area (TPSA) is 39.4 Å². The van der Waals surface area contributed by atoms with Crippen LogP contribution in [0.3, 0.4) is 0 Å². The van der Waals surface area contributed by atoms with E-state index in [4.69, 9.17) is 4.42 Å². The lowest BCUT2D eigenvalue weighted by Gasteiger charge is -2.15. The summed E-state index contributed by atoms with van der Waals surface area (Å²) < 4.78 is 23.0. The Morgan fingerprint density at radius 1 is 1.77 bits per heavy atom. The number of esters is 1. The van der Waals surface area contributed by atoms with Crippen LogP contribution in [0.1, 0.15) is 19.6 Å². The van der Waals surface area contributed by atoms with Crippen molar-refractivity contribution in [1.82, 2.24) is 0 Å². The number of carbonyl (C=O) groups excluding carboxylic acids is 1. The van der Waals surface area contributed by atoms with Crippen molar-refractivity contribution in [3.63, 3.8) is 0 Å². The van der Waals surface area contributed by atoms with Gasteiger partial charge in [0.1, 0.15) is 0 Å². The van der Waals surface area contributed by atoms with Crippen LogP contribution in [0.15, 0.2) is 22.8 Å². The predicted molar refractivity (Wildman–Crippen MR) is 43.8 cm³/mol. The lowest BCUT2D eigenvalue weighted by atomic mass is 10.1. The van der Waals surface area contributed by atoms with E-state index in [-0.39, 0.29) is 12.4 Å². The Balaban J connectivity index is 2.82. The Labute approximate surface area is 75.5 Å². The van der Waals surface area contributed by atoms with Crippen molar-refractivity contribution in [2.24, 2.45) is 0 Å². The third-order valence-corrected chi connectivity index (χ3v) is 1.64. The summed E-state index contributed by atoms with van der Waals surface area (Å²) in [5.41, 5.74) is -2.19. The third kappa shape index (κ3) is 1.88. The van der Waals surface area contributed by atoms with Crippen molar-refractivity contribution in [2.45, 2.75) is 19.5 Å². The summed E-state index contributed by atoms with van der Waals surface area (Å²) in [5, 5.41) is 0. The van der Waals surface area contributed by atoms with Crippen LogP contribution < -0.4 is 0 Å². The molecule has 0 aliphatic heterocycles. The van der Waals surface area contributed by atoms with E-state index in [9.17, 15) is 9.18 Å². The van der Waals surface area contributed by atoms with E-state index in [1.165, 1.54) is 18.4 Å². The molecule has 0 aromatic carbocycles. The number of rotatable bonds is 3. The van der Waals surface area contributed by atoms with Gasteiger partial charge in [0.15, 0.2) is 5.76 Å². The zero-order valence-electron chi connectivity index (χ0n) is 7.54. The molecule has 0 N–H and O–H groups in total. The summed E-state index contributed by atoms with van der Waals surface area (Å²) >= 11 is 0. The van der Waals surface area contributed by atoms with Crippen molar-refractivity contribution in [3.8, 4) is 0 Å². The zero-order chi connectivity index (χ0) is 9.90. The largest absolute Gasteiger partial charge is 0.465 e. The van der Waals surface area contributed by atoms with Crippen LogP contribution in [0.5, 0.6) is 0 Å². The van der Waals surface area contributed by atoms with E-state index >= 15 is 0 Å². The molecule has 4 heteroatoms. The fourth-order valence-electron chi connectivity index (χ4n) is 0.913. The SMILES string of the molecule is CCOC(=O)C(C)(F)c1ccco1. The Morgan fingerprint density at radius 3 is 2.92 bits per heavy atom. The average Bonchev–Trinajstić information content (AvgIpc) is 2.56. The van der Waals surface area contributed by atoms with E-state index in [2.05, 4.69) is 4.74 Å². The monoisotopic (exact) mass is 186 g/mol. The number of hydrogen-bond acceptors (Lipinski definition) is 3. The van der Waals surface area contributed by atoms with Crippen molar-refractivity contribution < 1.29 is 18.3 Å². The number of hydrogen-bond donors (Lipinski definition) is 0. The maximum Gasteiger partial charge on any atom is 0.351 e. The van der Waals surface area contributed by atoms with Crippen molar-refractivity contribution >= 4 is 5.97 Å². The Morgan fingerprint density at radius 2 is 2.46 bits per heavy atom. The third-order valence-electron chi connectivity index (χ3n) is 1.64. The molecule has 0 aliphatic rings. The van der Waals surface area contributed by atoms with Gasteiger partial charge in [-0.2, -0.15) is 0 Å². The van der Waals surface area contributed by atoms with Gasteiger partial charge in [0.05, 0.1) is 12.9 Å². The minimum atomic E-state index is -2.19. The van der Waals surface area contributed by atoms with E-state index in [0.717, 1.165) is 6.92 Å². The molecule has 0 aliphatic carbocycles. The summed E-state index contributed by atoms with van der Waals surface area (Å²) in [5.74, 6) is -0.962. The van der Waals surface area contributed by atoms with Gasteiger partial charge in [-0.3, -0.25) is 0 Å². The molecule has 1 aromatic heterocycles. The van der Waals surface area contributed by atoms with Crippen LogP contribution in [0.2, 0.25) is 0 Å². The highest BCUT2D eigenvalue weighted by molar-refractivity contribution is 5.79. The molecule has 0 saturated carbocycles. The summed E-state index contributed by atoms with van der Waals surface area (Å²) in [6.45, 7) is 2.89. The molecule has 1 rings (SSSR count). The first-order valence-corrected chi connectivity index (χ1v) is 3.99. The van der Waals surface area contributed by atoms with Gasteiger partial charge in [0, 0.05) is 0 Å². The minimum Gasteiger partial charge on any atom is -0.465 e. The zero-order valence-corrected chi connectivity index (χ0v) is 7.54. The first-order valence-electron chi connectivity index (χ1n) is 3.99. The van der Waals surface area contributed by atoms with Crippen LogP contribution >= 0.6 is 0 Å². The quantitative estimate of drug-likeness (QED) is 0.678. The van der Waals surface area contributed by atoms with Gasteiger partial charge in [-0.1, -0.05) is 0 Å². The minimum absolute atomic E-state index is 0.0362. The molecule has 0 radical (unpaired) electrons. The van der Waals surface area contributed by atoms with E-state index in [0.29, 0.717) is 0 Å². The molecule has 13 heavy (non-hydrogen) atoms. The maximum absolute atomic E-state index is 13.7. The van der Waals surface area contributed by atoms with Crippen LogP contribution in [0.4, 0.5) is 4.39 Å². The molecule has 1 unspecified atom stereocenters. The standard InChI is InChI=1S/C9H11FO3/c1-3-12-8(11)9(2,10)7-5-4-6-13-7/h4-6H,3H2,1-2H3. The number of furan rings is 1. The normalized spacial score (nSPS) is 15.0. The second-order valence-electron chi connectivity index (χ2n) is 2.70. The summed E-state index contributed by atoms with van der Waals surface area (Å²) in [6.07, 6.45) is 1.31. The second kappa shape index (κ2) is 3.60. The maximum atomic E-state index is 13.7. The summed E-state index contributed by atoms with van der Waals surface area (Å²) in [6, 6.07) is 2.92. The van der Waals surface area contributed by atoms with Crippen molar-refractivity contribution in [1.29, 1.82) is 0 Å². The molecule has 0 bridgehead atoms. The number of ether oxygens (including phenoxy) is 1. The van der Waals surface area contributed by atoms with E-state index < -0.39 is 11.6 Å². The van der Waals surface area contributed by atoms with Gasteiger partial charge in [-0.25, -0.2) is 9.18 Å².